The lowest BCUT2D eigenvalue weighted by molar-refractivity contribution is 0.377. The third-order valence-corrected chi connectivity index (χ3v) is 3.83. The average molecular weight is 261 g/mol. The van der Waals surface area contributed by atoms with Crippen LogP contribution in [0, 0.1) is 6.92 Å². The molecule has 3 rings (SSSR count). The molecule has 19 heavy (non-hydrogen) atoms. The number of piperazine rings is 1. The van der Waals surface area contributed by atoms with Crippen molar-refractivity contribution in [3.8, 4) is 0 Å². The standard InChI is InChI=1S/C14H23N5/c1-10-16-12(18-11-4-5-11)8-13(17-10)19-7-6-15-9-14(19,2)3/h8,11,15H,4-7,9H2,1-3H3,(H,16,17,18). The number of hydrogen-bond acceptors (Lipinski definition) is 5. The maximum absolute atomic E-state index is 4.63. The predicted molar refractivity (Wildman–Crippen MR) is 77.7 cm³/mol. The van der Waals surface area contributed by atoms with Gasteiger partial charge in [-0.3, -0.25) is 0 Å². The zero-order valence-corrected chi connectivity index (χ0v) is 12.0. The molecule has 2 N–H and O–H groups in total. The predicted octanol–water partition coefficient (Wildman–Crippen LogP) is 1.55. The highest BCUT2D eigenvalue weighted by atomic mass is 15.3. The summed E-state index contributed by atoms with van der Waals surface area (Å²) in [6, 6.07) is 2.72. The quantitative estimate of drug-likeness (QED) is 0.864. The molecule has 5 nitrogen and oxygen atoms in total. The smallest absolute Gasteiger partial charge is 0.134 e. The maximum Gasteiger partial charge on any atom is 0.134 e. The molecule has 0 radical (unpaired) electrons. The molecule has 2 fully saturated rings. The van der Waals surface area contributed by atoms with E-state index in [1.54, 1.807) is 0 Å². The molecule has 0 spiro atoms. The van der Waals surface area contributed by atoms with Crippen LogP contribution >= 0.6 is 0 Å². The first-order chi connectivity index (χ1) is 9.04. The highest BCUT2D eigenvalue weighted by Gasteiger charge is 2.31. The Labute approximate surface area is 114 Å². The Kier molecular flexibility index (Phi) is 3.09. The van der Waals surface area contributed by atoms with Gasteiger partial charge in [-0.2, -0.15) is 0 Å². The molecule has 0 amide bonds. The first-order valence-corrected chi connectivity index (χ1v) is 7.15. The maximum atomic E-state index is 4.63. The van der Waals surface area contributed by atoms with Gasteiger partial charge in [0.25, 0.3) is 0 Å². The molecule has 0 aromatic carbocycles. The molecule has 104 valence electrons. The molecule has 0 atom stereocenters. The number of aryl methyl sites for hydroxylation is 1. The Bertz CT molecular complexity index is 467. The van der Waals surface area contributed by atoms with Gasteiger partial charge in [0.1, 0.15) is 17.5 Å². The van der Waals surface area contributed by atoms with Crippen molar-refractivity contribution in [3.63, 3.8) is 0 Å². The van der Waals surface area contributed by atoms with E-state index in [2.05, 4.69) is 45.4 Å². The van der Waals surface area contributed by atoms with Crippen LogP contribution in [0.15, 0.2) is 6.07 Å². The molecule has 1 saturated carbocycles. The van der Waals surface area contributed by atoms with Crippen molar-refractivity contribution in [2.24, 2.45) is 0 Å². The molecule has 2 heterocycles. The molecular weight excluding hydrogens is 238 g/mol. The second-order valence-electron chi connectivity index (χ2n) is 6.22. The second kappa shape index (κ2) is 4.63. The third kappa shape index (κ3) is 2.81. The van der Waals surface area contributed by atoms with Gasteiger partial charge in [0.05, 0.1) is 0 Å². The number of nitrogens with zero attached hydrogens (tertiary/aromatic N) is 3. The first-order valence-electron chi connectivity index (χ1n) is 7.15. The van der Waals surface area contributed by atoms with Gasteiger partial charge < -0.3 is 15.5 Å². The van der Waals surface area contributed by atoms with Crippen molar-refractivity contribution in [1.29, 1.82) is 0 Å². The highest BCUT2D eigenvalue weighted by Crippen LogP contribution is 2.28. The van der Waals surface area contributed by atoms with Gasteiger partial charge in [0.2, 0.25) is 0 Å². The van der Waals surface area contributed by atoms with Crippen LogP contribution in [0.1, 0.15) is 32.5 Å². The zero-order chi connectivity index (χ0) is 13.5. The van der Waals surface area contributed by atoms with E-state index in [0.29, 0.717) is 6.04 Å². The summed E-state index contributed by atoms with van der Waals surface area (Å²) in [6.07, 6.45) is 2.52. The topological polar surface area (TPSA) is 53.1 Å². The van der Waals surface area contributed by atoms with Crippen LogP contribution in [-0.4, -0.2) is 41.2 Å². The van der Waals surface area contributed by atoms with Crippen LogP contribution in [0.25, 0.3) is 0 Å². The molecule has 1 aromatic heterocycles. The number of anilines is 2. The van der Waals surface area contributed by atoms with E-state index in [1.807, 2.05) is 6.92 Å². The summed E-state index contributed by atoms with van der Waals surface area (Å²) < 4.78 is 0. The average Bonchev–Trinajstić information content (AvgIpc) is 3.11. The Hall–Kier alpha value is -1.36. The van der Waals surface area contributed by atoms with E-state index < -0.39 is 0 Å². The van der Waals surface area contributed by atoms with E-state index in [0.717, 1.165) is 37.1 Å². The number of nitrogens with one attached hydrogen (secondary N) is 2. The van der Waals surface area contributed by atoms with Crippen LogP contribution < -0.4 is 15.5 Å². The van der Waals surface area contributed by atoms with Crippen LogP contribution in [-0.2, 0) is 0 Å². The van der Waals surface area contributed by atoms with E-state index in [1.165, 1.54) is 12.8 Å². The minimum atomic E-state index is 0.0931. The van der Waals surface area contributed by atoms with Gasteiger partial charge in [-0.15, -0.1) is 0 Å². The molecule has 0 bridgehead atoms. The normalized spacial score (nSPS) is 22.4. The van der Waals surface area contributed by atoms with Gasteiger partial charge in [0.15, 0.2) is 0 Å². The van der Waals surface area contributed by atoms with Gasteiger partial charge in [0, 0.05) is 37.3 Å². The summed E-state index contributed by atoms with van der Waals surface area (Å²) in [5.41, 5.74) is 0.0931. The Morgan fingerprint density at radius 3 is 2.84 bits per heavy atom. The lowest BCUT2D eigenvalue weighted by Crippen LogP contribution is -2.58. The van der Waals surface area contributed by atoms with Gasteiger partial charge >= 0.3 is 0 Å². The lowest BCUT2D eigenvalue weighted by Gasteiger charge is -2.43. The summed E-state index contributed by atoms with van der Waals surface area (Å²) in [4.78, 5) is 11.5. The molecule has 1 saturated heterocycles. The van der Waals surface area contributed by atoms with Crippen LogP contribution in [0.2, 0.25) is 0 Å². The minimum Gasteiger partial charge on any atom is -0.367 e. The fourth-order valence-electron chi connectivity index (χ4n) is 2.61. The lowest BCUT2D eigenvalue weighted by atomic mass is 10.0. The summed E-state index contributed by atoms with van der Waals surface area (Å²) >= 11 is 0. The van der Waals surface area contributed by atoms with Crippen molar-refractivity contribution in [2.75, 3.05) is 29.9 Å². The van der Waals surface area contributed by atoms with Crippen molar-refractivity contribution < 1.29 is 0 Å². The fourth-order valence-corrected chi connectivity index (χ4v) is 2.61. The van der Waals surface area contributed by atoms with Crippen LogP contribution in [0.3, 0.4) is 0 Å². The summed E-state index contributed by atoms with van der Waals surface area (Å²) in [7, 11) is 0. The SMILES string of the molecule is Cc1nc(NC2CC2)cc(N2CCNCC2(C)C)n1. The highest BCUT2D eigenvalue weighted by molar-refractivity contribution is 5.52. The van der Waals surface area contributed by atoms with Gasteiger partial charge in [-0.05, 0) is 33.6 Å². The van der Waals surface area contributed by atoms with Crippen molar-refractivity contribution in [3.05, 3.63) is 11.9 Å². The van der Waals surface area contributed by atoms with Gasteiger partial charge in [-0.1, -0.05) is 0 Å². The molecule has 0 unspecified atom stereocenters. The monoisotopic (exact) mass is 261 g/mol. The van der Waals surface area contributed by atoms with Crippen LogP contribution in [0.5, 0.6) is 0 Å². The van der Waals surface area contributed by atoms with E-state index in [9.17, 15) is 0 Å². The van der Waals surface area contributed by atoms with Crippen molar-refractivity contribution >= 4 is 11.6 Å². The Morgan fingerprint density at radius 1 is 1.37 bits per heavy atom. The van der Waals surface area contributed by atoms with E-state index in [-0.39, 0.29) is 5.54 Å². The molecule has 5 heteroatoms. The minimum absolute atomic E-state index is 0.0931. The summed E-state index contributed by atoms with van der Waals surface area (Å²) in [6.45, 7) is 9.47. The van der Waals surface area contributed by atoms with E-state index in [4.69, 9.17) is 0 Å². The summed E-state index contributed by atoms with van der Waals surface area (Å²) in [5.74, 6) is 2.86. The number of aromatic nitrogens is 2. The first kappa shape index (κ1) is 12.7. The largest absolute Gasteiger partial charge is 0.367 e. The van der Waals surface area contributed by atoms with Crippen molar-refractivity contribution in [1.82, 2.24) is 15.3 Å². The molecule has 1 aliphatic heterocycles. The summed E-state index contributed by atoms with van der Waals surface area (Å²) in [5, 5.41) is 6.92. The zero-order valence-electron chi connectivity index (χ0n) is 12.0. The number of hydrogen-bond donors (Lipinski definition) is 2. The fraction of sp³-hybridized carbons (Fsp3) is 0.714. The van der Waals surface area contributed by atoms with Crippen LogP contribution in [0.4, 0.5) is 11.6 Å². The second-order valence-corrected chi connectivity index (χ2v) is 6.22. The molecule has 1 aromatic rings. The Morgan fingerprint density at radius 2 is 2.16 bits per heavy atom. The van der Waals surface area contributed by atoms with E-state index >= 15 is 0 Å². The third-order valence-electron chi connectivity index (χ3n) is 3.83. The molecule has 2 aliphatic rings. The van der Waals surface area contributed by atoms with Gasteiger partial charge in [-0.25, -0.2) is 9.97 Å². The molecular formula is C14H23N5. The molecule has 1 aliphatic carbocycles. The van der Waals surface area contributed by atoms with Crippen molar-refractivity contribution in [2.45, 2.75) is 45.2 Å². The Balaban J connectivity index is 1.87. The number of rotatable bonds is 3.